The van der Waals surface area contributed by atoms with Crippen LogP contribution in [0.5, 0.6) is 0 Å². The summed E-state index contributed by atoms with van der Waals surface area (Å²) in [6.07, 6.45) is 14.3. The van der Waals surface area contributed by atoms with Gasteiger partial charge >= 0.3 is 22.0 Å². The largest absolute Gasteiger partial charge is 0.668 e. The van der Waals surface area contributed by atoms with Crippen LogP contribution in [0.15, 0.2) is 34.9 Å². The minimum atomic E-state index is -0.349. The molecule has 0 N–H and O–H groups in total. The fourth-order valence-electron chi connectivity index (χ4n) is 5.68. The molecule has 2 saturated heterocycles. The van der Waals surface area contributed by atoms with Gasteiger partial charge in [-0.1, -0.05) is 40.3 Å². The maximum Gasteiger partial charge on any atom is 0.668 e. The van der Waals surface area contributed by atoms with Crippen molar-refractivity contribution < 1.29 is 51.8 Å². The maximum absolute atomic E-state index is 8.12. The van der Waals surface area contributed by atoms with Gasteiger partial charge in [0.1, 0.15) is 6.26 Å². The Balaban J connectivity index is 0. The van der Waals surface area contributed by atoms with Crippen molar-refractivity contribution in [3.05, 3.63) is 34.9 Å². The Kier molecular flexibility index (Phi) is 30.4. The van der Waals surface area contributed by atoms with Gasteiger partial charge in [-0.25, -0.2) is 0 Å². The third-order valence-corrected chi connectivity index (χ3v) is 10.3. The molecule has 51 heavy (non-hydrogen) atoms. The van der Waals surface area contributed by atoms with Crippen LogP contribution in [0.1, 0.15) is 93.8 Å². The smallest absolute Gasteiger partial charge is 0.496 e. The van der Waals surface area contributed by atoms with E-state index in [1.165, 1.54) is 36.8 Å². The molecule has 4 rings (SSSR count). The Labute approximate surface area is 338 Å². The summed E-state index contributed by atoms with van der Waals surface area (Å²) in [6.45, 7) is 17.1. The van der Waals surface area contributed by atoms with Crippen LogP contribution >= 0.6 is 0 Å². The Morgan fingerprint density at radius 1 is 0.765 bits per heavy atom. The van der Waals surface area contributed by atoms with Crippen molar-refractivity contribution >= 4 is 51.6 Å². The van der Waals surface area contributed by atoms with Crippen LogP contribution in [-0.2, 0) is 50.3 Å². The average molecular weight is 749 g/mol. The molecule has 0 spiro atoms. The quantitative estimate of drug-likeness (QED) is 0.0750. The predicted octanol–water partition coefficient (Wildman–Crippen LogP) is 6.46. The first-order chi connectivity index (χ1) is 24.1. The molecule has 0 aromatic carbocycles. The zero-order valence-corrected chi connectivity index (χ0v) is 36.2. The Morgan fingerprint density at radius 3 is 1.57 bits per heavy atom. The molecule has 4 unspecified atom stereocenters. The molecule has 2 saturated carbocycles. The predicted molar refractivity (Wildman–Crippen MR) is 198 cm³/mol. The number of rotatable bonds is 16. The van der Waals surface area contributed by atoms with Gasteiger partial charge in [0.2, 0.25) is 0 Å². The fraction of sp³-hybridized carbons (Fsp3) is 0.816. The number of ether oxygens (including phenoxy) is 7. The molecule has 288 valence electrons. The van der Waals surface area contributed by atoms with Gasteiger partial charge in [-0.2, -0.15) is 9.59 Å². The van der Waals surface area contributed by atoms with Gasteiger partial charge in [0, 0.05) is 71.6 Å². The zero-order chi connectivity index (χ0) is 37.1. The molecule has 4 aliphatic rings. The van der Waals surface area contributed by atoms with Crippen molar-refractivity contribution in [1.82, 2.24) is 0 Å². The van der Waals surface area contributed by atoms with Crippen molar-refractivity contribution in [2.24, 2.45) is 22.7 Å². The maximum atomic E-state index is 8.12. The standard InChI is InChI=1S/C16H26O2.C15H24O3.2C3H7O2.CO2.Al.Na.H2/c1-4-5-8-13-11-14(16(13,2)3)12-18-15-9-6-7-10-17-15;1-15(2)12(7-9-16-3)10-13(15)11-18-14-6-4-5-8-17-14;2*1-5-3-2-4;2-1-3;;;/h5,14-15H,4,6-7,9-12H2,1-3H3;9,13-14H,4-6,8,10-11H2,1-3H3;2*2-3H2,1H3;;;;1H/q;;2*-1;;+2;;. The van der Waals surface area contributed by atoms with Crippen molar-refractivity contribution in [3.63, 3.8) is 0 Å². The minimum Gasteiger partial charge on any atom is -0.496 e. The first-order valence-corrected chi connectivity index (χ1v) is 19.0. The number of hydrogen-bond acceptors (Lipinski definition) is 11. The average Bonchev–Trinajstić information content (AvgIpc) is 3.12. The van der Waals surface area contributed by atoms with E-state index >= 15 is 0 Å². The Morgan fingerprint density at radius 2 is 1.22 bits per heavy atom. The van der Waals surface area contributed by atoms with E-state index in [1.807, 2.05) is 0 Å². The van der Waals surface area contributed by atoms with Gasteiger partial charge in [0.25, 0.3) is 0 Å². The molecule has 2 radical (unpaired) electrons. The monoisotopic (exact) mass is 748 g/mol. The Bertz CT molecular complexity index is 983. The third kappa shape index (κ3) is 20.6. The second-order valence-electron chi connectivity index (χ2n) is 13.6. The molecule has 2 heterocycles. The number of methoxy groups -OCH3 is 3. The van der Waals surface area contributed by atoms with Crippen LogP contribution in [0.2, 0.25) is 0 Å². The number of carbonyl (C=O) groups excluding carboxylic acids is 2. The van der Waals surface area contributed by atoms with Crippen molar-refractivity contribution in [1.29, 1.82) is 0 Å². The van der Waals surface area contributed by atoms with E-state index in [1.54, 1.807) is 27.6 Å². The van der Waals surface area contributed by atoms with Crippen LogP contribution in [-0.4, -0.2) is 138 Å². The normalized spacial score (nSPS) is 23.8. The summed E-state index contributed by atoms with van der Waals surface area (Å²) in [4.78, 5) is 16.2. The molecule has 0 amide bonds. The molecule has 4 atom stereocenters. The van der Waals surface area contributed by atoms with E-state index < -0.39 is 0 Å². The van der Waals surface area contributed by atoms with E-state index in [4.69, 9.17) is 50.3 Å². The van der Waals surface area contributed by atoms with Crippen LogP contribution in [0.25, 0.3) is 0 Å². The van der Waals surface area contributed by atoms with E-state index in [9.17, 15) is 0 Å². The molecule has 2 aliphatic carbocycles. The summed E-state index contributed by atoms with van der Waals surface area (Å²) < 4.78 is 47.6. The van der Waals surface area contributed by atoms with Crippen LogP contribution in [0.4, 0.5) is 0 Å². The number of allylic oxidation sites excluding steroid dienone is 2. The molecule has 0 bridgehead atoms. The molecule has 2 aliphatic heterocycles. The topological polar surface area (TPSA) is 117 Å². The van der Waals surface area contributed by atoms with Gasteiger partial charge < -0.3 is 40.7 Å². The second kappa shape index (κ2) is 30.7. The van der Waals surface area contributed by atoms with Gasteiger partial charge in [-0.15, -0.1) is 5.73 Å². The molecule has 4 fully saturated rings. The van der Waals surface area contributed by atoms with Gasteiger partial charge in [0.15, 0.2) is 12.6 Å². The summed E-state index contributed by atoms with van der Waals surface area (Å²) in [7, 11) is 4.94. The van der Waals surface area contributed by atoms with Crippen LogP contribution in [0.3, 0.4) is 0 Å². The molecular weight excluding hydrogens is 682 g/mol. The van der Waals surface area contributed by atoms with Crippen molar-refractivity contribution in [2.45, 2.75) is 105 Å². The van der Waals surface area contributed by atoms with Gasteiger partial charge in [0.05, 0.1) is 33.5 Å². The van der Waals surface area contributed by atoms with Crippen molar-refractivity contribution in [3.8, 4) is 0 Å². The molecule has 11 nitrogen and oxygen atoms in total. The molecule has 13 heteroatoms. The van der Waals surface area contributed by atoms with Crippen molar-refractivity contribution in [2.75, 3.05) is 74.2 Å². The second-order valence-corrected chi connectivity index (χ2v) is 14.5. The van der Waals surface area contributed by atoms with Gasteiger partial charge in [-0.05, 0) is 97.7 Å². The zero-order valence-electron chi connectivity index (χ0n) is 33.1. The molecular formula is C38H66AlNaO11. The molecule has 0 aromatic rings. The van der Waals surface area contributed by atoms with Crippen LogP contribution in [0, 0.1) is 22.7 Å². The minimum absolute atomic E-state index is 0. The summed E-state index contributed by atoms with van der Waals surface area (Å²) in [6, 6.07) is 0. The summed E-state index contributed by atoms with van der Waals surface area (Å²) in [5, 5.41) is 0. The third-order valence-electron chi connectivity index (χ3n) is 9.52. The summed E-state index contributed by atoms with van der Waals surface area (Å²) >= 11 is -0.349. The fourth-order valence-corrected chi connectivity index (χ4v) is 6.16. The first-order valence-electron chi connectivity index (χ1n) is 18.0. The van der Waals surface area contributed by atoms with E-state index in [2.05, 4.69) is 52.2 Å². The van der Waals surface area contributed by atoms with E-state index in [0.717, 1.165) is 58.5 Å². The summed E-state index contributed by atoms with van der Waals surface area (Å²) in [5.74, 6) is 1.19. The van der Waals surface area contributed by atoms with Gasteiger partial charge in [-0.3, -0.25) is 0 Å². The Hall–Kier alpha value is -0.568. The van der Waals surface area contributed by atoms with E-state index in [0.29, 0.717) is 38.3 Å². The SMILES string of the molecule is CCC=C=C1CC(COC2CCCCO2)C1(C)C.COC=C=C1CC(COC2CCCCO2)C1(C)C.COCC[O][Al][O]CCOC.O=C=O.[HH].[Na]. The first kappa shape index (κ1) is 50.4. The summed E-state index contributed by atoms with van der Waals surface area (Å²) in [5.41, 5.74) is 9.83. The van der Waals surface area contributed by atoms with E-state index in [-0.39, 0.29) is 76.4 Å². The molecule has 0 aromatic heterocycles. The van der Waals surface area contributed by atoms with Crippen LogP contribution < -0.4 is 0 Å². The number of hydrogen-bond donors (Lipinski definition) is 0.